The number of aliphatic carboxylic acids is 1. The summed E-state index contributed by atoms with van der Waals surface area (Å²) in [6, 6.07) is 4.82. The molecule has 0 bridgehead atoms. The molecule has 25 heavy (non-hydrogen) atoms. The van der Waals surface area contributed by atoms with E-state index in [2.05, 4.69) is 15.5 Å². The van der Waals surface area contributed by atoms with E-state index in [1.54, 1.807) is 18.2 Å². The lowest BCUT2D eigenvalue weighted by Crippen LogP contribution is -2.26. The van der Waals surface area contributed by atoms with Crippen LogP contribution in [0.3, 0.4) is 0 Å². The van der Waals surface area contributed by atoms with Gasteiger partial charge in [0.15, 0.2) is 16.7 Å². The lowest BCUT2D eigenvalue weighted by atomic mass is 10.2. The van der Waals surface area contributed by atoms with Crippen LogP contribution in [-0.4, -0.2) is 46.7 Å². The lowest BCUT2D eigenvalue weighted by molar-refractivity contribution is -0.138. The molecule has 1 aromatic carbocycles. The van der Waals surface area contributed by atoms with Crippen LogP contribution in [0.5, 0.6) is 11.5 Å². The summed E-state index contributed by atoms with van der Waals surface area (Å²) in [6.07, 6.45) is 1.14. The van der Waals surface area contributed by atoms with Gasteiger partial charge in [0, 0.05) is 6.92 Å². The Kier molecular flexibility index (Phi) is 6.12. The third kappa shape index (κ3) is 5.31. The maximum atomic E-state index is 11.6. The van der Waals surface area contributed by atoms with Crippen molar-refractivity contribution in [1.29, 1.82) is 0 Å². The van der Waals surface area contributed by atoms with E-state index in [1.165, 1.54) is 20.2 Å². The van der Waals surface area contributed by atoms with Crippen LogP contribution < -0.4 is 14.8 Å². The normalized spacial score (nSPS) is 18.4. The van der Waals surface area contributed by atoms with Crippen molar-refractivity contribution in [3.8, 4) is 11.5 Å². The maximum absolute atomic E-state index is 11.6. The molecule has 2 rings (SSSR count). The Balaban J connectivity index is 2.06. The first-order chi connectivity index (χ1) is 11.9. The van der Waals surface area contributed by atoms with E-state index in [0.29, 0.717) is 11.3 Å². The van der Waals surface area contributed by atoms with Crippen molar-refractivity contribution in [1.82, 2.24) is 5.32 Å². The molecule has 1 unspecified atom stereocenters. The SMILES string of the molecule is COc1cc(C=NN=C2NC(=O)C(CC(=O)O)S2)ccc1OC(C)=O. The van der Waals surface area contributed by atoms with Crippen molar-refractivity contribution in [2.75, 3.05) is 7.11 Å². The smallest absolute Gasteiger partial charge is 0.308 e. The van der Waals surface area contributed by atoms with Crippen LogP contribution in [0, 0.1) is 0 Å². The Bertz CT molecular complexity index is 762. The minimum Gasteiger partial charge on any atom is -0.493 e. The van der Waals surface area contributed by atoms with Gasteiger partial charge in [-0.1, -0.05) is 11.8 Å². The fourth-order valence-electron chi connectivity index (χ4n) is 1.90. The zero-order valence-corrected chi connectivity index (χ0v) is 14.2. The molecule has 132 valence electrons. The molecule has 1 heterocycles. The van der Waals surface area contributed by atoms with Gasteiger partial charge in [0.2, 0.25) is 5.91 Å². The van der Waals surface area contributed by atoms with Gasteiger partial charge < -0.3 is 19.9 Å². The number of rotatable bonds is 6. The summed E-state index contributed by atoms with van der Waals surface area (Å²) in [4.78, 5) is 33.2. The number of carbonyl (C=O) groups excluding carboxylic acids is 2. The van der Waals surface area contributed by atoms with Crippen LogP contribution in [0.15, 0.2) is 28.4 Å². The number of amides is 1. The zero-order valence-electron chi connectivity index (χ0n) is 13.4. The molecule has 1 aliphatic rings. The largest absolute Gasteiger partial charge is 0.493 e. The molecule has 0 aliphatic carbocycles. The Morgan fingerprint density at radius 2 is 2.16 bits per heavy atom. The van der Waals surface area contributed by atoms with Crippen molar-refractivity contribution in [3.63, 3.8) is 0 Å². The quantitative estimate of drug-likeness (QED) is 0.333. The monoisotopic (exact) mass is 365 g/mol. The van der Waals surface area contributed by atoms with E-state index >= 15 is 0 Å². The summed E-state index contributed by atoms with van der Waals surface area (Å²) in [7, 11) is 1.44. The summed E-state index contributed by atoms with van der Waals surface area (Å²) in [6.45, 7) is 1.29. The summed E-state index contributed by atoms with van der Waals surface area (Å²) >= 11 is 1.01. The number of carboxylic acid groups (broad SMARTS) is 1. The fourth-order valence-corrected chi connectivity index (χ4v) is 2.81. The molecule has 1 aromatic rings. The van der Waals surface area contributed by atoms with Gasteiger partial charge >= 0.3 is 11.9 Å². The minimum atomic E-state index is -1.06. The molecule has 0 aromatic heterocycles. The maximum Gasteiger partial charge on any atom is 0.308 e. The highest BCUT2D eigenvalue weighted by molar-refractivity contribution is 8.15. The second-order valence-corrected chi connectivity index (χ2v) is 6.04. The summed E-state index contributed by atoms with van der Waals surface area (Å²) in [5.74, 6) is -1.28. The minimum absolute atomic E-state index is 0.232. The average Bonchev–Trinajstić information content (AvgIpc) is 2.87. The second kappa shape index (κ2) is 8.29. The standard InChI is InChI=1S/C15H15N3O6S/c1-8(19)24-10-4-3-9(5-11(10)23-2)7-16-18-15-17-14(22)12(25-15)6-13(20)21/h3-5,7,12H,6H2,1-2H3,(H,20,21)(H,17,18,22). The van der Waals surface area contributed by atoms with Crippen molar-refractivity contribution in [2.24, 2.45) is 10.2 Å². The highest BCUT2D eigenvalue weighted by Gasteiger charge is 2.32. The zero-order chi connectivity index (χ0) is 18.4. The first kappa shape index (κ1) is 18.5. The number of nitrogens with zero attached hydrogens (tertiary/aromatic N) is 2. The predicted octanol–water partition coefficient (Wildman–Crippen LogP) is 1.02. The van der Waals surface area contributed by atoms with Crippen molar-refractivity contribution >= 4 is 41.0 Å². The molecule has 1 amide bonds. The third-order valence-electron chi connectivity index (χ3n) is 2.93. The van der Waals surface area contributed by atoms with Crippen molar-refractivity contribution < 1.29 is 29.0 Å². The van der Waals surface area contributed by atoms with Gasteiger partial charge in [0.1, 0.15) is 5.25 Å². The van der Waals surface area contributed by atoms with Crippen molar-refractivity contribution in [3.05, 3.63) is 23.8 Å². The van der Waals surface area contributed by atoms with Crippen molar-refractivity contribution in [2.45, 2.75) is 18.6 Å². The molecular weight excluding hydrogens is 350 g/mol. The van der Waals surface area contributed by atoms with E-state index in [-0.39, 0.29) is 17.3 Å². The van der Waals surface area contributed by atoms with Gasteiger partial charge in [-0.15, -0.1) is 5.10 Å². The molecule has 9 nitrogen and oxygen atoms in total. The highest BCUT2D eigenvalue weighted by Crippen LogP contribution is 2.27. The fraction of sp³-hybridized carbons (Fsp3) is 0.267. The number of benzene rings is 1. The van der Waals surface area contributed by atoms with Crippen LogP contribution >= 0.6 is 11.8 Å². The van der Waals surface area contributed by atoms with Gasteiger partial charge in [-0.05, 0) is 23.8 Å². The molecule has 1 aliphatic heterocycles. The van der Waals surface area contributed by atoms with Crippen LogP contribution in [0.1, 0.15) is 18.9 Å². The van der Waals surface area contributed by atoms with Gasteiger partial charge in [0.05, 0.1) is 19.7 Å². The number of ether oxygens (including phenoxy) is 2. The van der Waals surface area contributed by atoms with Crippen LogP contribution in [-0.2, 0) is 14.4 Å². The van der Waals surface area contributed by atoms with Gasteiger partial charge in [0.25, 0.3) is 0 Å². The van der Waals surface area contributed by atoms with Gasteiger partial charge in [-0.25, -0.2) is 0 Å². The van der Waals surface area contributed by atoms with E-state index in [0.717, 1.165) is 11.8 Å². The number of thioether (sulfide) groups is 1. The molecule has 1 atom stereocenters. The number of esters is 1. The average molecular weight is 365 g/mol. The number of amidine groups is 1. The number of carboxylic acids is 1. The molecule has 0 spiro atoms. The molecule has 10 heteroatoms. The van der Waals surface area contributed by atoms with E-state index in [9.17, 15) is 14.4 Å². The second-order valence-electron chi connectivity index (χ2n) is 4.85. The number of hydrogen-bond acceptors (Lipinski definition) is 8. The molecular formula is C15H15N3O6S. The molecule has 0 saturated carbocycles. The van der Waals surface area contributed by atoms with E-state index < -0.39 is 23.1 Å². The predicted molar refractivity (Wildman–Crippen MR) is 91.1 cm³/mol. The van der Waals surface area contributed by atoms with Gasteiger partial charge in [-0.2, -0.15) is 5.10 Å². The Morgan fingerprint density at radius 1 is 1.40 bits per heavy atom. The molecule has 1 saturated heterocycles. The number of carbonyl (C=O) groups is 3. The summed E-state index contributed by atoms with van der Waals surface area (Å²) < 4.78 is 10.1. The highest BCUT2D eigenvalue weighted by atomic mass is 32.2. The first-order valence-corrected chi connectivity index (χ1v) is 7.94. The molecule has 2 N–H and O–H groups in total. The summed E-state index contributed by atoms with van der Waals surface area (Å²) in [5.41, 5.74) is 0.633. The topological polar surface area (TPSA) is 127 Å². The Hall–Kier alpha value is -2.88. The number of nitrogens with one attached hydrogen (secondary N) is 1. The summed E-state index contributed by atoms with van der Waals surface area (Å²) in [5, 5.41) is 18.4. The van der Waals surface area contributed by atoms with E-state index in [4.69, 9.17) is 14.6 Å². The van der Waals surface area contributed by atoms with E-state index in [1.807, 2.05) is 0 Å². The molecule has 0 radical (unpaired) electrons. The molecule has 1 fully saturated rings. The Morgan fingerprint density at radius 3 is 2.80 bits per heavy atom. The first-order valence-electron chi connectivity index (χ1n) is 7.06. The van der Waals surface area contributed by atoms with Gasteiger partial charge in [-0.3, -0.25) is 14.4 Å². The lowest BCUT2D eigenvalue weighted by Gasteiger charge is -2.07. The number of hydrogen-bond donors (Lipinski definition) is 2. The Labute approximate surface area is 147 Å². The van der Waals surface area contributed by atoms with Crippen LogP contribution in [0.25, 0.3) is 0 Å². The third-order valence-corrected chi connectivity index (χ3v) is 4.01. The van der Waals surface area contributed by atoms with Crippen LogP contribution in [0.2, 0.25) is 0 Å². The van der Waals surface area contributed by atoms with Crippen LogP contribution in [0.4, 0.5) is 0 Å². The number of methoxy groups -OCH3 is 1.